The fourth-order valence-electron chi connectivity index (χ4n) is 1.35. The van der Waals surface area contributed by atoms with Crippen molar-refractivity contribution in [1.29, 1.82) is 0 Å². The van der Waals surface area contributed by atoms with Crippen LogP contribution in [0.25, 0.3) is 5.69 Å². The minimum Gasteiger partial charge on any atom is -0.311 e. The summed E-state index contributed by atoms with van der Waals surface area (Å²) in [5.74, 6) is -0.289. The second kappa shape index (κ2) is 4.85. The minimum absolute atomic E-state index is 0.289. The van der Waals surface area contributed by atoms with E-state index in [2.05, 4.69) is 15.5 Å². The zero-order valence-corrected chi connectivity index (χ0v) is 9.02. The second-order valence-corrected chi connectivity index (χ2v) is 3.39. The fraction of sp³-hybridized carbons (Fsp3) is 0.273. The Labute approximate surface area is 93.1 Å². The predicted octanol–water partition coefficient (Wildman–Crippen LogP) is 1.52. The molecule has 0 radical (unpaired) electrons. The molecule has 0 aliphatic heterocycles. The van der Waals surface area contributed by atoms with E-state index in [1.807, 2.05) is 6.92 Å². The first-order chi connectivity index (χ1) is 7.79. The summed E-state index contributed by atoms with van der Waals surface area (Å²) in [5.41, 5.74) is 1.47. The number of hydrogen-bond acceptors (Lipinski definition) is 3. The number of benzene rings is 1. The zero-order chi connectivity index (χ0) is 11.4. The summed E-state index contributed by atoms with van der Waals surface area (Å²) < 4.78 is 13.0. The average Bonchev–Trinajstić information content (AvgIpc) is 2.75. The number of rotatable bonds is 4. The number of halogens is 1. The summed E-state index contributed by atoms with van der Waals surface area (Å²) in [4.78, 5) is 1.43. The Balaban J connectivity index is 2.18. The standard InChI is InChI=1S/C11H13FN4/c1-2-13-7-10-8-14-16(15-10)11-5-3-4-9(12)6-11/h3-6,8,13H,2,7H2,1H3. The SMILES string of the molecule is CCNCc1cnn(-c2cccc(F)c2)n1. The molecule has 0 aliphatic carbocycles. The van der Waals surface area contributed by atoms with Gasteiger partial charge in [-0.1, -0.05) is 13.0 Å². The molecule has 84 valence electrons. The molecular formula is C11H13FN4. The van der Waals surface area contributed by atoms with E-state index >= 15 is 0 Å². The van der Waals surface area contributed by atoms with Crippen LogP contribution in [0.5, 0.6) is 0 Å². The number of aromatic nitrogens is 3. The maximum atomic E-state index is 13.0. The van der Waals surface area contributed by atoms with Crippen molar-refractivity contribution in [3.8, 4) is 5.69 Å². The first kappa shape index (κ1) is 10.8. The van der Waals surface area contributed by atoms with Crippen LogP contribution in [0.15, 0.2) is 30.5 Å². The molecular weight excluding hydrogens is 207 g/mol. The van der Waals surface area contributed by atoms with Crippen LogP contribution >= 0.6 is 0 Å². The Hall–Kier alpha value is -1.75. The lowest BCUT2D eigenvalue weighted by atomic mass is 10.3. The van der Waals surface area contributed by atoms with Gasteiger partial charge in [0.25, 0.3) is 0 Å². The zero-order valence-electron chi connectivity index (χ0n) is 9.02. The van der Waals surface area contributed by atoms with Crippen LogP contribution < -0.4 is 5.32 Å². The molecule has 0 spiro atoms. The van der Waals surface area contributed by atoms with Gasteiger partial charge in [-0.05, 0) is 18.7 Å². The molecule has 0 atom stereocenters. The lowest BCUT2D eigenvalue weighted by molar-refractivity contribution is 0.621. The lowest BCUT2D eigenvalue weighted by Gasteiger charge is -1.99. The van der Waals surface area contributed by atoms with Crippen molar-refractivity contribution >= 4 is 0 Å². The molecule has 2 rings (SSSR count). The Morgan fingerprint density at radius 2 is 2.31 bits per heavy atom. The van der Waals surface area contributed by atoms with E-state index in [4.69, 9.17) is 0 Å². The average molecular weight is 220 g/mol. The summed E-state index contributed by atoms with van der Waals surface area (Å²) in [6, 6.07) is 6.20. The molecule has 4 nitrogen and oxygen atoms in total. The molecule has 1 N–H and O–H groups in total. The Morgan fingerprint density at radius 3 is 3.06 bits per heavy atom. The highest BCUT2D eigenvalue weighted by atomic mass is 19.1. The molecule has 5 heteroatoms. The van der Waals surface area contributed by atoms with Gasteiger partial charge in [0.05, 0.1) is 17.6 Å². The van der Waals surface area contributed by atoms with Gasteiger partial charge in [-0.25, -0.2) is 4.39 Å². The van der Waals surface area contributed by atoms with E-state index < -0.39 is 0 Å². The smallest absolute Gasteiger partial charge is 0.125 e. The first-order valence-corrected chi connectivity index (χ1v) is 5.17. The maximum Gasteiger partial charge on any atom is 0.125 e. The molecule has 1 aromatic heterocycles. The third kappa shape index (κ3) is 2.43. The van der Waals surface area contributed by atoms with Crippen LogP contribution in [-0.2, 0) is 6.54 Å². The third-order valence-electron chi connectivity index (χ3n) is 2.13. The Bertz CT molecular complexity index is 467. The molecule has 0 saturated carbocycles. The van der Waals surface area contributed by atoms with Crippen LogP contribution in [0.3, 0.4) is 0 Å². The van der Waals surface area contributed by atoms with Gasteiger partial charge in [-0.15, -0.1) is 0 Å². The number of nitrogens with one attached hydrogen (secondary N) is 1. The van der Waals surface area contributed by atoms with Gasteiger partial charge in [0.1, 0.15) is 5.82 Å². The Kier molecular flexibility index (Phi) is 3.26. The molecule has 0 unspecified atom stereocenters. The lowest BCUT2D eigenvalue weighted by Crippen LogP contribution is -2.12. The minimum atomic E-state index is -0.289. The van der Waals surface area contributed by atoms with Gasteiger partial charge >= 0.3 is 0 Å². The van der Waals surface area contributed by atoms with Crippen molar-refractivity contribution in [2.45, 2.75) is 13.5 Å². The molecule has 0 amide bonds. The number of nitrogens with zero attached hydrogens (tertiary/aromatic N) is 3. The van der Waals surface area contributed by atoms with Crippen molar-refractivity contribution in [2.24, 2.45) is 0 Å². The van der Waals surface area contributed by atoms with Gasteiger partial charge in [-0.2, -0.15) is 15.0 Å². The van der Waals surface area contributed by atoms with Gasteiger partial charge in [0, 0.05) is 12.6 Å². The van der Waals surface area contributed by atoms with E-state index in [0.29, 0.717) is 12.2 Å². The Morgan fingerprint density at radius 1 is 1.44 bits per heavy atom. The summed E-state index contributed by atoms with van der Waals surface area (Å²) in [6.45, 7) is 3.58. The molecule has 0 bridgehead atoms. The summed E-state index contributed by atoms with van der Waals surface area (Å²) in [6.07, 6.45) is 1.67. The van der Waals surface area contributed by atoms with Crippen LogP contribution in [-0.4, -0.2) is 21.5 Å². The molecule has 0 aliphatic rings. The normalized spacial score (nSPS) is 10.6. The highest BCUT2D eigenvalue weighted by Gasteiger charge is 2.02. The monoisotopic (exact) mass is 220 g/mol. The molecule has 1 heterocycles. The summed E-state index contributed by atoms with van der Waals surface area (Å²) in [7, 11) is 0. The second-order valence-electron chi connectivity index (χ2n) is 3.39. The highest BCUT2D eigenvalue weighted by molar-refractivity contribution is 5.29. The van der Waals surface area contributed by atoms with Crippen LogP contribution in [0.1, 0.15) is 12.6 Å². The molecule has 2 aromatic rings. The topological polar surface area (TPSA) is 42.7 Å². The summed E-state index contributed by atoms with van der Waals surface area (Å²) >= 11 is 0. The molecule has 0 saturated heterocycles. The van der Waals surface area contributed by atoms with Gasteiger partial charge in [-0.3, -0.25) is 0 Å². The number of hydrogen-bond donors (Lipinski definition) is 1. The van der Waals surface area contributed by atoms with E-state index in [0.717, 1.165) is 12.2 Å². The molecule has 1 aromatic carbocycles. The first-order valence-electron chi connectivity index (χ1n) is 5.17. The van der Waals surface area contributed by atoms with Crippen molar-refractivity contribution in [3.05, 3.63) is 42.0 Å². The van der Waals surface area contributed by atoms with Crippen molar-refractivity contribution in [1.82, 2.24) is 20.3 Å². The van der Waals surface area contributed by atoms with Crippen molar-refractivity contribution < 1.29 is 4.39 Å². The van der Waals surface area contributed by atoms with Gasteiger partial charge in [0.2, 0.25) is 0 Å². The van der Waals surface area contributed by atoms with Crippen LogP contribution in [0.4, 0.5) is 4.39 Å². The van der Waals surface area contributed by atoms with E-state index in [9.17, 15) is 4.39 Å². The molecule has 0 fully saturated rings. The predicted molar refractivity (Wildman–Crippen MR) is 58.7 cm³/mol. The van der Waals surface area contributed by atoms with Crippen LogP contribution in [0.2, 0.25) is 0 Å². The highest BCUT2D eigenvalue weighted by Crippen LogP contribution is 2.07. The largest absolute Gasteiger partial charge is 0.311 e. The van der Waals surface area contributed by atoms with Gasteiger partial charge in [0.15, 0.2) is 0 Å². The fourth-order valence-corrected chi connectivity index (χ4v) is 1.35. The van der Waals surface area contributed by atoms with Crippen LogP contribution in [0, 0.1) is 5.82 Å². The van der Waals surface area contributed by atoms with E-state index in [1.165, 1.54) is 16.9 Å². The van der Waals surface area contributed by atoms with E-state index in [-0.39, 0.29) is 5.82 Å². The summed E-state index contributed by atoms with van der Waals surface area (Å²) in [5, 5.41) is 11.5. The van der Waals surface area contributed by atoms with Crippen molar-refractivity contribution in [2.75, 3.05) is 6.54 Å². The van der Waals surface area contributed by atoms with Crippen molar-refractivity contribution in [3.63, 3.8) is 0 Å². The van der Waals surface area contributed by atoms with E-state index in [1.54, 1.807) is 18.3 Å². The molecule has 16 heavy (non-hydrogen) atoms. The van der Waals surface area contributed by atoms with Gasteiger partial charge < -0.3 is 5.32 Å². The quantitative estimate of drug-likeness (QED) is 0.849. The third-order valence-corrected chi connectivity index (χ3v) is 2.13. The maximum absolute atomic E-state index is 13.0.